The normalized spacial score (nSPS) is 25.7. The van der Waals surface area contributed by atoms with Gasteiger partial charge in [0.15, 0.2) is 0 Å². The lowest BCUT2D eigenvalue weighted by Gasteiger charge is -2.22. The summed E-state index contributed by atoms with van der Waals surface area (Å²) in [5, 5.41) is 3.93. The summed E-state index contributed by atoms with van der Waals surface area (Å²) in [5.41, 5.74) is -0.709. The van der Waals surface area contributed by atoms with Gasteiger partial charge in [0, 0.05) is 11.5 Å². The maximum Gasteiger partial charge on any atom is 0.417 e. The van der Waals surface area contributed by atoms with Crippen LogP contribution in [0.5, 0.6) is 0 Å². The van der Waals surface area contributed by atoms with Gasteiger partial charge in [-0.15, -0.1) is 0 Å². The summed E-state index contributed by atoms with van der Waals surface area (Å²) in [6.07, 6.45) is 0.948. The zero-order valence-electron chi connectivity index (χ0n) is 12.0. The molecular formula is C16H17F4NO. The SMILES string of the molecule is Fc1ccc(C2=NO[C@@H]3CCCCCC[C@H]23)c(C(F)(F)F)c1. The van der Waals surface area contributed by atoms with Gasteiger partial charge < -0.3 is 4.84 Å². The Kier molecular flexibility index (Phi) is 4.10. The van der Waals surface area contributed by atoms with Crippen LogP contribution in [-0.4, -0.2) is 11.8 Å². The molecule has 3 rings (SSSR count). The average Bonchev–Trinajstić information content (AvgIpc) is 2.79. The molecule has 120 valence electrons. The Morgan fingerprint density at radius 2 is 1.77 bits per heavy atom. The van der Waals surface area contributed by atoms with Crippen LogP contribution in [0.15, 0.2) is 23.4 Å². The van der Waals surface area contributed by atoms with Gasteiger partial charge in [-0.1, -0.05) is 24.4 Å². The Hall–Kier alpha value is -1.59. The van der Waals surface area contributed by atoms with E-state index in [2.05, 4.69) is 5.16 Å². The smallest absolute Gasteiger partial charge is 0.392 e. The minimum absolute atomic E-state index is 0.0537. The summed E-state index contributed by atoms with van der Waals surface area (Å²) in [6.45, 7) is 0. The molecule has 0 radical (unpaired) electrons. The highest BCUT2D eigenvalue weighted by Gasteiger charge is 2.41. The van der Waals surface area contributed by atoms with E-state index in [1.54, 1.807) is 0 Å². The van der Waals surface area contributed by atoms with Crippen LogP contribution >= 0.6 is 0 Å². The lowest BCUT2D eigenvalue weighted by Crippen LogP contribution is -2.27. The van der Waals surface area contributed by atoms with Crippen LogP contribution in [0.4, 0.5) is 17.6 Å². The summed E-state index contributed by atoms with van der Waals surface area (Å²) >= 11 is 0. The van der Waals surface area contributed by atoms with E-state index in [9.17, 15) is 17.6 Å². The molecule has 0 spiro atoms. The molecule has 1 aromatic carbocycles. The topological polar surface area (TPSA) is 21.6 Å². The van der Waals surface area contributed by atoms with Crippen molar-refractivity contribution in [3.8, 4) is 0 Å². The average molecular weight is 315 g/mol. The number of rotatable bonds is 1. The lowest BCUT2D eigenvalue weighted by molar-refractivity contribution is -0.137. The van der Waals surface area contributed by atoms with Crippen LogP contribution in [-0.2, 0) is 11.0 Å². The van der Waals surface area contributed by atoms with Crippen LogP contribution in [0.2, 0.25) is 0 Å². The Balaban J connectivity index is 1.97. The first-order valence-corrected chi connectivity index (χ1v) is 7.57. The minimum atomic E-state index is -4.61. The quantitative estimate of drug-likeness (QED) is 0.674. The van der Waals surface area contributed by atoms with Gasteiger partial charge in [-0.25, -0.2) is 4.39 Å². The molecule has 2 atom stereocenters. The van der Waals surface area contributed by atoms with Gasteiger partial charge in [0.05, 0.1) is 11.3 Å². The fourth-order valence-electron chi connectivity index (χ4n) is 3.30. The summed E-state index contributed by atoms with van der Waals surface area (Å²) < 4.78 is 52.8. The van der Waals surface area contributed by atoms with E-state index in [4.69, 9.17) is 4.84 Å². The molecule has 1 aromatic rings. The van der Waals surface area contributed by atoms with Crippen molar-refractivity contribution in [2.75, 3.05) is 0 Å². The van der Waals surface area contributed by atoms with Crippen molar-refractivity contribution in [3.63, 3.8) is 0 Å². The number of alkyl halides is 3. The van der Waals surface area contributed by atoms with E-state index in [0.717, 1.165) is 44.6 Å². The summed E-state index contributed by atoms with van der Waals surface area (Å²) in [7, 11) is 0. The second kappa shape index (κ2) is 5.89. The van der Waals surface area contributed by atoms with Crippen molar-refractivity contribution in [2.45, 2.75) is 50.8 Å². The van der Waals surface area contributed by atoms with Crippen molar-refractivity contribution < 1.29 is 22.4 Å². The number of benzene rings is 1. The molecule has 0 unspecified atom stereocenters. The van der Waals surface area contributed by atoms with Gasteiger partial charge in [0.1, 0.15) is 11.9 Å². The van der Waals surface area contributed by atoms with Gasteiger partial charge in [0.25, 0.3) is 0 Å². The Labute approximate surface area is 126 Å². The predicted molar refractivity (Wildman–Crippen MR) is 74.0 cm³/mol. The van der Waals surface area contributed by atoms with Gasteiger partial charge >= 0.3 is 6.18 Å². The molecule has 1 fully saturated rings. The molecule has 22 heavy (non-hydrogen) atoms. The second-order valence-corrected chi connectivity index (χ2v) is 5.91. The number of fused-ring (bicyclic) bond motifs is 1. The van der Waals surface area contributed by atoms with Crippen LogP contribution in [0.3, 0.4) is 0 Å². The highest BCUT2D eigenvalue weighted by molar-refractivity contribution is 6.04. The first kappa shape index (κ1) is 15.3. The maximum atomic E-state index is 13.2. The van der Waals surface area contributed by atoms with E-state index in [1.807, 2.05) is 0 Å². The third-order valence-corrected chi connectivity index (χ3v) is 4.40. The number of hydrogen-bond donors (Lipinski definition) is 0. The molecule has 1 aliphatic heterocycles. The maximum absolute atomic E-state index is 13.2. The van der Waals surface area contributed by atoms with E-state index in [-0.39, 0.29) is 17.6 Å². The zero-order chi connectivity index (χ0) is 15.7. The first-order valence-electron chi connectivity index (χ1n) is 7.57. The Bertz CT molecular complexity index is 582. The van der Waals surface area contributed by atoms with Crippen LogP contribution in [0.1, 0.15) is 49.7 Å². The van der Waals surface area contributed by atoms with Crippen molar-refractivity contribution in [1.29, 1.82) is 0 Å². The van der Waals surface area contributed by atoms with Crippen molar-refractivity contribution in [3.05, 3.63) is 35.1 Å². The number of halogens is 4. The van der Waals surface area contributed by atoms with E-state index in [1.165, 1.54) is 6.07 Å². The summed E-state index contributed by atoms with van der Waals surface area (Å²) in [4.78, 5) is 5.38. The third kappa shape index (κ3) is 2.96. The molecule has 0 N–H and O–H groups in total. The summed E-state index contributed by atoms with van der Waals surface area (Å²) in [6, 6.07) is 2.75. The number of oxime groups is 1. The predicted octanol–water partition coefficient (Wildman–Crippen LogP) is 4.92. The van der Waals surface area contributed by atoms with E-state index >= 15 is 0 Å². The van der Waals surface area contributed by atoms with Gasteiger partial charge in [-0.05, 0) is 37.5 Å². The summed E-state index contributed by atoms with van der Waals surface area (Å²) in [5.74, 6) is -1.03. The molecule has 0 amide bonds. The van der Waals surface area contributed by atoms with Crippen LogP contribution in [0, 0.1) is 11.7 Å². The molecule has 0 aromatic heterocycles. The number of hydrogen-bond acceptors (Lipinski definition) is 2. The number of nitrogens with zero attached hydrogens (tertiary/aromatic N) is 1. The fraction of sp³-hybridized carbons (Fsp3) is 0.562. The molecule has 6 heteroatoms. The largest absolute Gasteiger partial charge is 0.417 e. The third-order valence-electron chi connectivity index (χ3n) is 4.40. The fourth-order valence-corrected chi connectivity index (χ4v) is 3.30. The molecule has 2 nitrogen and oxygen atoms in total. The molecular weight excluding hydrogens is 298 g/mol. The van der Waals surface area contributed by atoms with Crippen molar-refractivity contribution >= 4 is 5.71 Å². The van der Waals surface area contributed by atoms with Crippen LogP contribution < -0.4 is 0 Å². The minimum Gasteiger partial charge on any atom is -0.392 e. The Morgan fingerprint density at radius 1 is 1.05 bits per heavy atom. The molecule has 0 bridgehead atoms. The van der Waals surface area contributed by atoms with Gasteiger partial charge in [-0.3, -0.25) is 0 Å². The molecule has 1 aliphatic carbocycles. The molecule has 1 heterocycles. The zero-order valence-corrected chi connectivity index (χ0v) is 12.0. The molecule has 0 saturated heterocycles. The highest BCUT2D eigenvalue weighted by atomic mass is 19.4. The Morgan fingerprint density at radius 3 is 2.50 bits per heavy atom. The standard InChI is InChI=1S/C16H17F4NO/c17-10-7-8-11(13(9-10)16(18,19)20)15-12-5-3-1-2-4-6-14(12)22-21-15/h7-9,12,14H,1-6H2/t12-,14+/m0/s1. The van der Waals surface area contributed by atoms with Crippen molar-refractivity contribution in [2.24, 2.45) is 11.1 Å². The first-order chi connectivity index (χ1) is 10.5. The lowest BCUT2D eigenvalue weighted by atomic mass is 9.82. The monoisotopic (exact) mass is 315 g/mol. The van der Waals surface area contributed by atoms with Gasteiger partial charge in [0.2, 0.25) is 0 Å². The van der Waals surface area contributed by atoms with Crippen LogP contribution in [0.25, 0.3) is 0 Å². The molecule has 2 aliphatic rings. The molecule has 1 saturated carbocycles. The second-order valence-electron chi connectivity index (χ2n) is 5.91. The highest BCUT2D eigenvalue weighted by Crippen LogP contribution is 2.38. The van der Waals surface area contributed by atoms with Gasteiger partial charge in [-0.2, -0.15) is 13.2 Å². The van der Waals surface area contributed by atoms with Crippen molar-refractivity contribution in [1.82, 2.24) is 0 Å². The van der Waals surface area contributed by atoms with E-state index in [0.29, 0.717) is 11.8 Å². The van der Waals surface area contributed by atoms with E-state index < -0.39 is 17.6 Å².